The Labute approximate surface area is 154 Å². The molecule has 25 heavy (non-hydrogen) atoms. The minimum atomic E-state index is -0.342. The number of methoxy groups -OCH3 is 1. The molecule has 0 aliphatic heterocycles. The lowest BCUT2D eigenvalue weighted by molar-refractivity contribution is 0.0994. The van der Waals surface area contributed by atoms with Crippen molar-refractivity contribution in [3.05, 3.63) is 59.1 Å². The SMILES string of the molecule is COc1ccc(C(=O)[C@H](C)Sc2nnnn2-c2ccc(Cl)cc2)cc1. The number of hydrogen-bond donors (Lipinski definition) is 0. The van der Waals surface area contributed by atoms with Crippen LogP contribution in [0.1, 0.15) is 17.3 Å². The fraction of sp³-hybridized carbons (Fsp3) is 0.176. The predicted molar refractivity (Wildman–Crippen MR) is 96.8 cm³/mol. The Hall–Kier alpha value is -2.38. The quantitative estimate of drug-likeness (QED) is 0.484. The van der Waals surface area contributed by atoms with Crippen LogP contribution in [0, 0.1) is 0 Å². The summed E-state index contributed by atoms with van der Waals surface area (Å²) >= 11 is 7.21. The number of carbonyl (C=O) groups excluding carboxylic acids is 1. The van der Waals surface area contributed by atoms with Gasteiger partial charge in [0.2, 0.25) is 5.16 Å². The van der Waals surface area contributed by atoms with Crippen LogP contribution >= 0.6 is 23.4 Å². The van der Waals surface area contributed by atoms with Crippen molar-refractivity contribution in [2.45, 2.75) is 17.3 Å². The smallest absolute Gasteiger partial charge is 0.214 e. The first-order chi connectivity index (χ1) is 12.1. The van der Waals surface area contributed by atoms with Gasteiger partial charge >= 0.3 is 0 Å². The number of thioether (sulfide) groups is 1. The summed E-state index contributed by atoms with van der Waals surface area (Å²) < 4.78 is 6.69. The monoisotopic (exact) mass is 374 g/mol. The summed E-state index contributed by atoms with van der Waals surface area (Å²) in [6, 6.07) is 14.2. The number of aromatic nitrogens is 4. The summed E-state index contributed by atoms with van der Waals surface area (Å²) in [5.41, 5.74) is 1.40. The Bertz CT molecular complexity index is 865. The second-order valence-electron chi connectivity index (χ2n) is 5.20. The molecule has 3 aromatic rings. The lowest BCUT2D eigenvalue weighted by atomic mass is 10.1. The molecule has 0 unspecified atom stereocenters. The van der Waals surface area contributed by atoms with Gasteiger partial charge in [0.05, 0.1) is 18.0 Å². The molecular weight excluding hydrogens is 360 g/mol. The van der Waals surface area contributed by atoms with Gasteiger partial charge in [-0.05, 0) is 65.9 Å². The molecule has 3 rings (SSSR count). The summed E-state index contributed by atoms with van der Waals surface area (Å²) in [6.07, 6.45) is 0. The van der Waals surface area contributed by atoms with E-state index >= 15 is 0 Å². The van der Waals surface area contributed by atoms with Gasteiger partial charge in [-0.15, -0.1) is 5.10 Å². The zero-order valence-electron chi connectivity index (χ0n) is 13.6. The summed E-state index contributed by atoms with van der Waals surface area (Å²) in [5.74, 6) is 0.710. The van der Waals surface area contributed by atoms with Gasteiger partial charge < -0.3 is 4.74 Å². The van der Waals surface area contributed by atoms with Crippen LogP contribution in [0.5, 0.6) is 5.75 Å². The highest BCUT2D eigenvalue weighted by Gasteiger charge is 2.20. The zero-order chi connectivity index (χ0) is 17.8. The number of hydrogen-bond acceptors (Lipinski definition) is 6. The van der Waals surface area contributed by atoms with E-state index in [1.807, 2.05) is 19.1 Å². The van der Waals surface area contributed by atoms with E-state index < -0.39 is 0 Å². The van der Waals surface area contributed by atoms with E-state index in [-0.39, 0.29) is 11.0 Å². The number of tetrazole rings is 1. The molecule has 128 valence electrons. The fourth-order valence-electron chi connectivity index (χ4n) is 2.20. The van der Waals surface area contributed by atoms with E-state index in [0.29, 0.717) is 21.5 Å². The molecule has 0 amide bonds. The van der Waals surface area contributed by atoms with Gasteiger partial charge in [0.25, 0.3) is 0 Å². The lowest BCUT2D eigenvalue weighted by Crippen LogP contribution is -2.14. The van der Waals surface area contributed by atoms with Crippen molar-refractivity contribution in [2.75, 3.05) is 7.11 Å². The highest BCUT2D eigenvalue weighted by molar-refractivity contribution is 8.00. The molecule has 0 radical (unpaired) electrons. The standard InChI is InChI=1S/C17H15ClN4O2S/c1-11(16(23)12-3-9-15(24-2)10-4-12)25-17-19-20-21-22(17)14-7-5-13(18)6-8-14/h3-11H,1-2H3/t11-/m0/s1. The maximum atomic E-state index is 12.6. The van der Waals surface area contributed by atoms with E-state index in [0.717, 1.165) is 5.69 Å². The van der Waals surface area contributed by atoms with Crippen LogP contribution in [0.2, 0.25) is 5.02 Å². The van der Waals surface area contributed by atoms with Crippen molar-refractivity contribution in [1.29, 1.82) is 0 Å². The van der Waals surface area contributed by atoms with E-state index in [1.165, 1.54) is 11.8 Å². The maximum absolute atomic E-state index is 12.6. The Morgan fingerprint density at radius 3 is 2.48 bits per heavy atom. The summed E-state index contributed by atoms with van der Waals surface area (Å²) in [7, 11) is 1.59. The molecule has 0 spiro atoms. The van der Waals surface area contributed by atoms with Crippen molar-refractivity contribution in [1.82, 2.24) is 20.2 Å². The fourth-order valence-corrected chi connectivity index (χ4v) is 3.21. The van der Waals surface area contributed by atoms with Crippen LogP contribution in [0.15, 0.2) is 53.7 Å². The number of nitrogens with zero attached hydrogens (tertiary/aromatic N) is 4. The first-order valence-electron chi connectivity index (χ1n) is 7.47. The van der Waals surface area contributed by atoms with Crippen molar-refractivity contribution in [3.8, 4) is 11.4 Å². The van der Waals surface area contributed by atoms with Crippen LogP contribution in [0.3, 0.4) is 0 Å². The molecule has 0 fully saturated rings. The van der Waals surface area contributed by atoms with E-state index in [2.05, 4.69) is 15.5 Å². The van der Waals surface area contributed by atoms with E-state index in [4.69, 9.17) is 16.3 Å². The number of halogens is 1. The van der Waals surface area contributed by atoms with Crippen LogP contribution < -0.4 is 4.74 Å². The van der Waals surface area contributed by atoms with Gasteiger partial charge in [0.1, 0.15) is 5.75 Å². The summed E-state index contributed by atoms with van der Waals surface area (Å²) in [6.45, 7) is 1.83. The third-order valence-corrected chi connectivity index (χ3v) is 4.82. The lowest BCUT2D eigenvalue weighted by Gasteiger charge is -2.10. The maximum Gasteiger partial charge on any atom is 0.214 e. The van der Waals surface area contributed by atoms with Gasteiger partial charge in [-0.2, -0.15) is 4.68 Å². The molecule has 6 nitrogen and oxygen atoms in total. The molecule has 0 aliphatic rings. The molecule has 0 N–H and O–H groups in total. The average Bonchev–Trinajstić information content (AvgIpc) is 3.10. The molecule has 0 saturated heterocycles. The summed E-state index contributed by atoms with van der Waals surface area (Å²) in [5, 5.41) is 12.5. The number of ether oxygens (including phenoxy) is 1. The minimum Gasteiger partial charge on any atom is -0.497 e. The van der Waals surface area contributed by atoms with Crippen LogP contribution in [0.25, 0.3) is 5.69 Å². The highest BCUT2D eigenvalue weighted by atomic mass is 35.5. The second kappa shape index (κ2) is 7.67. The number of Topliss-reactive ketones (excluding diaryl/α,β-unsaturated/α-hetero) is 1. The highest BCUT2D eigenvalue weighted by Crippen LogP contribution is 2.26. The van der Waals surface area contributed by atoms with Crippen LogP contribution in [-0.2, 0) is 0 Å². The third-order valence-electron chi connectivity index (χ3n) is 3.54. The van der Waals surface area contributed by atoms with Gasteiger partial charge in [0, 0.05) is 10.6 Å². The molecule has 1 aromatic heterocycles. The zero-order valence-corrected chi connectivity index (χ0v) is 15.2. The van der Waals surface area contributed by atoms with Gasteiger partial charge in [-0.3, -0.25) is 4.79 Å². The topological polar surface area (TPSA) is 69.9 Å². The van der Waals surface area contributed by atoms with Crippen molar-refractivity contribution in [2.24, 2.45) is 0 Å². The predicted octanol–water partition coefficient (Wildman–Crippen LogP) is 3.69. The third kappa shape index (κ3) is 4.00. The molecular formula is C17H15ClN4O2S. The van der Waals surface area contributed by atoms with Crippen molar-refractivity contribution < 1.29 is 9.53 Å². The molecule has 8 heteroatoms. The van der Waals surface area contributed by atoms with E-state index in [1.54, 1.807) is 48.2 Å². The largest absolute Gasteiger partial charge is 0.497 e. The molecule has 2 aromatic carbocycles. The normalized spacial score (nSPS) is 12.0. The van der Waals surface area contributed by atoms with Gasteiger partial charge in [0.15, 0.2) is 5.78 Å². The van der Waals surface area contributed by atoms with Crippen molar-refractivity contribution in [3.63, 3.8) is 0 Å². The molecule has 1 heterocycles. The Morgan fingerprint density at radius 2 is 1.84 bits per heavy atom. The molecule has 0 bridgehead atoms. The first-order valence-corrected chi connectivity index (χ1v) is 8.73. The number of benzene rings is 2. The van der Waals surface area contributed by atoms with E-state index in [9.17, 15) is 4.79 Å². The van der Waals surface area contributed by atoms with Crippen LogP contribution in [-0.4, -0.2) is 38.4 Å². The summed E-state index contributed by atoms with van der Waals surface area (Å²) in [4.78, 5) is 12.6. The first kappa shape index (κ1) is 17.4. The van der Waals surface area contributed by atoms with Gasteiger partial charge in [-0.1, -0.05) is 23.4 Å². The molecule has 0 saturated carbocycles. The Kier molecular flexibility index (Phi) is 5.35. The Balaban J connectivity index is 1.77. The molecule has 0 aliphatic carbocycles. The number of ketones is 1. The Morgan fingerprint density at radius 1 is 1.16 bits per heavy atom. The number of rotatable bonds is 6. The molecule has 1 atom stereocenters. The van der Waals surface area contributed by atoms with Crippen molar-refractivity contribution >= 4 is 29.1 Å². The second-order valence-corrected chi connectivity index (χ2v) is 6.95. The van der Waals surface area contributed by atoms with Gasteiger partial charge in [-0.25, -0.2) is 0 Å². The average molecular weight is 375 g/mol. The number of carbonyl (C=O) groups is 1. The van der Waals surface area contributed by atoms with Crippen LogP contribution in [0.4, 0.5) is 0 Å². The minimum absolute atomic E-state index is 0.00157.